The van der Waals surface area contributed by atoms with E-state index in [-0.39, 0.29) is 16.4 Å². The first kappa shape index (κ1) is 15.1. The maximum Gasteiger partial charge on any atom is 0.240 e. The van der Waals surface area contributed by atoms with Gasteiger partial charge in [-0.05, 0) is 36.8 Å². The fourth-order valence-electron chi connectivity index (χ4n) is 2.68. The second kappa shape index (κ2) is 5.26. The van der Waals surface area contributed by atoms with E-state index in [1.165, 1.54) is 19.2 Å². The van der Waals surface area contributed by atoms with Crippen LogP contribution in [0.1, 0.15) is 33.1 Å². The zero-order valence-electron chi connectivity index (χ0n) is 12.1. The van der Waals surface area contributed by atoms with Crippen molar-refractivity contribution < 1.29 is 13.2 Å². The van der Waals surface area contributed by atoms with Gasteiger partial charge in [-0.25, -0.2) is 13.1 Å². The van der Waals surface area contributed by atoms with Gasteiger partial charge in [0.15, 0.2) is 0 Å². The SMILES string of the molecule is COc1cc(S(=O)(=O)NC2CCC(C)(C)C2)ccc1N. The van der Waals surface area contributed by atoms with Crippen molar-refractivity contribution in [1.29, 1.82) is 0 Å². The molecule has 1 aromatic rings. The molecule has 0 spiro atoms. The van der Waals surface area contributed by atoms with Crippen molar-refractivity contribution in [2.75, 3.05) is 12.8 Å². The monoisotopic (exact) mass is 298 g/mol. The van der Waals surface area contributed by atoms with E-state index in [9.17, 15) is 8.42 Å². The lowest BCUT2D eigenvalue weighted by Crippen LogP contribution is -2.33. The van der Waals surface area contributed by atoms with Crippen molar-refractivity contribution in [3.05, 3.63) is 18.2 Å². The fraction of sp³-hybridized carbons (Fsp3) is 0.571. The minimum atomic E-state index is -3.53. The van der Waals surface area contributed by atoms with Crippen LogP contribution in [0.2, 0.25) is 0 Å². The van der Waals surface area contributed by atoms with E-state index in [0.717, 1.165) is 19.3 Å². The highest BCUT2D eigenvalue weighted by Gasteiger charge is 2.33. The van der Waals surface area contributed by atoms with E-state index in [4.69, 9.17) is 10.5 Å². The van der Waals surface area contributed by atoms with E-state index in [2.05, 4.69) is 18.6 Å². The number of rotatable bonds is 4. The molecule has 112 valence electrons. The lowest BCUT2D eigenvalue weighted by Gasteiger charge is -2.18. The van der Waals surface area contributed by atoms with Gasteiger partial charge >= 0.3 is 0 Å². The molecule has 1 aliphatic rings. The molecule has 1 saturated carbocycles. The molecule has 5 nitrogen and oxygen atoms in total. The van der Waals surface area contributed by atoms with E-state index in [1.54, 1.807) is 6.07 Å². The molecule has 2 rings (SSSR count). The number of benzene rings is 1. The molecule has 1 unspecified atom stereocenters. The summed E-state index contributed by atoms with van der Waals surface area (Å²) < 4.78 is 32.6. The summed E-state index contributed by atoms with van der Waals surface area (Å²) >= 11 is 0. The van der Waals surface area contributed by atoms with Crippen molar-refractivity contribution in [2.45, 2.75) is 44.0 Å². The van der Waals surface area contributed by atoms with E-state index >= 15 is 0 Å². The van der Waals surface area contributed by atoms with Crippen LogP contribution in [0.5, 0.6) is 5.75 Å². The number of hydrogen-bond acceptors (Lipinski definition) is 4. The molecule has 1 aromatic carbocycles. The molecule has 1 atom stereocenters. The predicted octanol–water partition coefficient (Wildman–Crippen LogP) is 2.13. The summed E-state index contributed by atoms with van der Waals surface area (Å²) in [6, 6.07) is 4.50. The van der Waals surface area contributed by atoms with Crippen molar-refractivity contribution >= 4 is 15.7 Å². The molecule has 0 heterocycles. The van der Waals surface area contributed by atoms with E-state index < -0.39 is 10.0 Å². The zero-order chi connectivity index (χ0) is 15.0. The van der Waals surface area contributed by atoms with Gasteiger partial charge in [-0.15, -0.1) is 0 Å². The standard InChI is InChI=1S/C14H22N2O3S/c1-14(2)7-6-10(9-14)16-20(17,18)11-4-5-12(15)13(8-11)19-3/h4-5,8,10,16H,6-7,9,15H2,1-3H3. The Bertz CT molecular complexity index is 596. The van der Waals surface area contributed by atoms with Gasteiger partial charge < -0.3 is 10.5 Å². The molecule has 0 bridgehead atoms. The molecule has 20 heavy (non-hydrogen) atoms. The summed E-state index contributed by atoms with van der Waals surface area (Å²) in [4.78, 5) is 0.188. The van der Waals surface area contributed by atoms with Gasteiger partial charge in [0.25, 0.3) is 0 Å². The molecule has 1 fully saturated rings. The number of ether oxygens (including phenoxy) is 1. The maximum atomic E-state index is 12.4. The van der Waals surface area contributed by atoms with Crippen LogP contribution in [0.3, 0.4) is 0 Å². The van der Waals surface area contributed by atoms with Gasteiger partial charge in [0.05, 0.1) is 17.7 Å². The lowest BCUT2D eigenvalue weighted by molar-refractivity contribution is 0.372. The molecule has 0 aromatic heterocycles. The third-order valence-corrected chi connectivity index (χ3v) is 5.32. The number of nitrogens with two attached hydrogens (primary N) is 1. The highest BCUT2D eigenvalue weighted by atomic mass is 32.2. The van der Waals surface area contributed by atoms with Crippen LogP contribution in [-0.2, 0) is 10.0 Å². The minimum Gasteiger partial charge on any atom is -0.495 e. The molecule has 0 saturated heterocycles. The summed E-state index contributed by atoms with van der Waals surface area (Å²) in [7, 11) is -2.06. The molecule has 0 aliphatic heterocycles. The number of methoxy groups -OCH3 is 1. The molecule has 3 N–H and O–H groups in total. The van der Waals surface area contributed by atoms with Crippen LogP contribution in [0.15, 0.2) is 23.1 Å². The Morgan fingerprint density at radius 3 is 2.65 bits per heavy atom. The van der Waals surface area contributed by atoms with Gasteiger partial charge in [-0.2, -0.15) is 0 Å². The number of anilines is 1. The van der Waals surface area contributed by atoms with Crippen molar-refractivity contribution in [1.82, 2.24) is 4.72 Å². The van der Waals surface area contributed by atoms with Gasteiger partial charge in [0.1, 0.15) is 5.75 Å². The summed E-state index contributed by atoms with van der Waals surface area (Å²) in [6.07, 6.45) is 2.77. The maximum absolute atomic E-state index is 12.4. The third kappa shape index (κ3) is 3.24. The first-order valence-electron chi connectivity index (χ1n) is 6.69. The first-order valence-corrected chi connectivity index (χ1v) is 8.18. The number of sulfonamides is 1. The number of nitrogen functional groups attached to an aromatic ring is 1. The number of nitrogens with one attached hydrogen (secondary N) is 1. The zero-order valence-corrected chi connectivity index (χ0v) is 13.0. The minimum absolute atomic E-state index is 0.00134. The Balaban J connectivity index is 2.19. The van der Waals surface area contributed by atoms with E-state index in [1.807, 2.05) is 0 Å². The average Bonchev–Trinajstić information content (AvgIpc) is 2.68. The molecule has 0 radical (unpaired) electrons. The smallest absolute Gasteiger partial charge is 0.240 e. The van der Waals surface area contributed by atoms with Crippen LogP contribution in [0.25, 0.3) is 0 Å². The highest BCUT2D eigenvalue weighted by Crippen LogP contribution is 2.37. The Labute approximate surface area is 120 Å². The van der Waals surface area contributed by atoms with Crippen LogP contribution in [-0.4, -0.2) is 21.6 Å². The van der Waals surface area contributed by atoms with Crippen molar-refractivity contribution in [2.24, 2.45) is 5.41 Å². The molecular formula is C14H22N2O3S. The highest BCUT2D eigenvalue weighted by molar-refractivity contribution is 7.89. The largest absolute Gasteiger partial charge is 0.495 e. The van der Waals surface area contributed by atoms with Gasteiger partial charge in [-0.3, -0.25) is 0 Å². The van der Waals surface area contributed by atoms with Gasteiger partial charge in [0, 0.05) is 12.1 Å². The van der Waals surface area contributed by atoms with Crippen molar-refractivity contribution in [3.8, 4) is 5.75 Å². The summed E-state index contributed by atoms with van der Waals surface area (Å²) in [6.45, 7) is 4.32. The van der Waals surface area contributed by atoms with Crippen LogP contribution in [0, 0.1) is 5.41 Å². The molecule has 6 heteroatoms. The Hall–Kier alpha value is -1.27. The van der Waals surface area contributed by atoms with Crippen LogP contribution >= 0.6 is 0 Å². The predicted molar refractivity (Wildman–Crippen MR) is 79.1 cm³/mol. The average molecular weight is 298 g/mol. The van der Waals surface area contributed by atoms with Crippen LogP contribution < -0.4 is 15.2 Å². The Morgan fingerprint density at radius 2 is 2.10 bits per heavy atom. The topological polar surface area (TPSA) is 81.4 Å². The summed E-state index contributed by atoms with van der Waals surface area (Å²) in [5, 5.41) is 0. The Kier molecular flexibility index (Phi) is 3.97. The molecule has 0 amide bonds. The van der Waals surface area contributed by atoms with Crippen LogP contribution in [0.4, 0.5) is 5.69 Å². The quantitative estimate of drug-likeness (QED) is 0.834. The van der Waals surface area contributed by atoms with Crippen molar-refractivity contribution in [3.63, 3.8) is 0 Å². The first-order chi connectivity index (χ1) is 9.23. The fourth-order valence-corrected chi connectivity index (χ4v) is 3.97. The van der Waals surface area contributed by atoms with Gasteiger partial charge in [0.2, 0.25) is 10.0 Å². The summed E-state index contributed by atoms with van der Waals surface area (Å²) in [5.74, 6) is 0.375. The van der Waals surface area contributed by atoms with E-state index in [0.29, 0.717) is 11.4 Å². The summed E-state index contributed by atoms with van der Waals surface area (Å²) in [5.41, 5.74) is 6.33. The normalized spacial score (nSPS) is 21.9. The second-order valence-electron chi connectivity index (χ2n) is 6.13. The molecule has 1 aliphatic carbocycles. The lowest BCUT2D eigenvalue weighted by atomic mass is 9.92. The Morgan fingerprint density at radius 1 is 1.40 bits per heavy atom. The van der Waals surface area contributed by atoms with Gasteiger partial charge in [-0.1, -0.05) is 13.8 Å². The second-order valence-corrected chi connectivity index (χ2v) is 7.84. The molecular weight excluding hydrogens is 276 g/mol. The number of hydrogen-bond donors (Lipinski definition) is 2. The third-order valence-electron chi connectivity index (χ3n) is 3.81.